The normalized spacial score (nSPS) is 11.1. The van der Waals surface area contributed by atoms with Crippen LogP contribution in [0, 0.1) is 11.8 Å². The van der Waals surface area contributed by atoms with Crippen molar-refractivity contribution in [3.05, 3.63) is 76.8 Å². The minimum atomic E-state index is -0.793. The second kappa shape index (κ2) is 9.64. The Morgan fingerprint density at radius 2 is 1.90 bits per heavy atom. The monoisotopic (exact) mass is 405 g/mol. The number of nitrogens with zero attached hydrogens (tertiary/aromatic N) is 1. The molecule has 0 spiro atoms. The summed E-state index contributed by atoms with van der Waals surface area (Å²) in [6.45, 7) is 1.74. The van der Waals surface area contributed by atoms with Crippen LogP contribution in [0.2, 0.25) is 0 Å². The Bertz CT molecular complexity index is 1050. The molecule has 0 saturated carbocycles. The molecule has 29 heavy (non-hydrogen) atoms. The lowest BCUT2D eigenvalue weighted by molar-refractivity contribution is -0.131. The van der Waals surface area contributed by atoms with Crippen molar-refractivity contribution in [2.24, 2.45) is 0 Å². The van der Waals surface area contributed by atoms with Gasteiger partial charge in [0, 0.05) is 17.3 Å². The molecule has 0 aliphatic carbocycles. The first-order valence-corrected chi connectivity index (χ1v) is 9.80. The number of carbonyl (C=O) groups excluding carboxylic acids is 2. The lowest BCUT2D eigenvalue weighted by Crippen LogP contribution is -2.45. The summed E-state index contributed by atoms with van der Waals surface area (Å²) in [5, 5.41) is 11.3. The smallest absolute Gasteiger partial charge is 0.265 e. The Kier molecular flexibility index (Phi) is 6.74. The molecule has 3 rings (SSSR count). The molecule has 0 fully saturated rings. The van der Waals surface area contributed by atoms with Crippen LogP contribution in [0.5, 0.6) is 0 Å². The molecule has 3 N–H and O–H groups in total. The largest absolute Gasteiger partial charge is 0.340 e. The Balaban J connectivity index is 1.67. The van der Waals surface area contributed by atoms with Gasteiger partial charge < -0.3 is 5.32 Å². The van der Waals surface area contributed by atoms with Crippen LogP contribution in [-0.4, -0.2) is 28.0 Å². The first-order chi connectivity index (χ1) is 14.1. The van der Waals surface area contributed by atoms with Crippen molar-refractivity contribution in [2.45, 2.75) is 19.4 Å². The fourth-order valence-corrected chi connectivity index (χ4v) is 3.40. The highest BCUT2D eigenvalue weighted by molar-refractivity contribution is 7.16. The summed E-state index contributed by atoms with van der Waals surface area (Å²) in [6, 6.07) is 15.8. The van der Waals surface area contributed by atoms with E-state index in [2.05, 4.69) is 22.1 Å². The van der Waals surface area contributed by atoms with Crippen molar-refractivity contribution < 1.29 is 14.8 Å². The van der Waals surface area contributed by atoms with Gasteiger partial charge in [-0.25, -0.2) is 5.48 Å². The molecule has 1 atom stereocenters. The number of thiophene rings is 1. The zero-order valence-electron chi connectivity index (χ0n) is 15.7. The third-order valence-corrected chi connectivity index (χ3v) is 5.16. The lowest BCUT2D eigenvalue weighted by Gasteiger charge is -2.14. The van der Waals surface area contributed by atoms with Crippen molar-refractivity contribution >= 4 is 23.2 Å². The van der Waals surface area contributed by atoms with Gasteiger partial charge in [-0.1, -0.05) is 24.8 Å². The minimum absolute atomic E-state index is 0.364. The molecule has 0 radical (unpaired) electrons. The first-order valence-electron chi connectivity index (χ1n) is 8.99. The summed E-state index contributed by atoms with van der Waals surface area (Å²) in [6.07, 6.45) is 2.13. The summed E-state index contributed by atoms with van der Waals surface area (Å²) in [7, 11) is 0. The maximum atomic E-state index is 12.2. The number of nitrogens with one attached hydrogen (secondary N) is 2. The molecule has 0 aliphatic rings. The Morgan fingerprint density at radius 1 is 1.10 bits per heavy atom. The highest BCUT2D eigenvalue weighted by atomic mass is 32.1. The molecule has 146 valence electrons. The molecule has 3 aromatic rings. The highest BCUT2D eigenvalue weighted by Crippen LogP contribution is 2.25. The van der Waals surface area contributed by atoms with Gasteiger partial charge in [0.1, 0.15) is 6.04 Å². The zero-order valence-corrected chi connectivity index (χ0v) is 16.5. The van der Waals surface area contributed by atoms with Crippen LogP contribution in [0.15, 0.2) is 60.8 Å². The van der Waals surface area contributed by atoms with Crippen LogP contribution < -0.4 is 10.8 Å². The van der Waals surface area contributed by atoms with E-state index in [0.29, 0.717) is 12.0 Å². The molecule has 1 unspecified atom stereocenters. The number of aromatic nitrogens is 1. The number of hydrogen-bond acceptors (Lipinski definition) is 5. The fraction of sp³-hybridized carbons (Fsp3) is 0.136. The predicted octanol–water partition coefficient (Wildman–Crippen LogP) is 3.22. The molecule has 6 nitrogen and oxygen atoms in total. The van der Waals surface area contributed by atoms with Gasteiger partial charge in [-0.05, 0) is 55.0 Å². The number of pyridine rings is 1. The van der Waals surface area contributed by atoms with Crippen molar-refractivity contribution in [1.29, 1.82) is 0 Å². The maximum absolute atomic E-state index is 12.2. The van der Waals surface area contributed by atoms with Crippen molar-refractivity contribution in [1.82, 2.24) is 15.8 Å². The van der Waals surface area contributed by atoms with E-state index < -0.39 is 17.9 Å². The number of hydroxylamine groups is 1. The number of amides is 2. The van der Waals surface area contributed by atoms with Gasteiger partial charge >= 0.3 is 0 Å². The van der Waals surface area contributed by atoms with Gasteiger partial charge in [-0.15, -0.1) is 11.3 Å². The second-order valence-corrected chi connectivity index (χ2v) is 7.20. The molecule has 0 bridgehead atoms. The molecular formula is C22H19N3O3S. The average Bonchev–Trinajstić information content (AvgIpc) is 3.25. The Morgan fingerprint density at radius 3 is 2.55 bits per heavy atom. The Labute approximate surface area is 172 Å². The highest BCUT2D eigenvalue weighted by Gasteiger charge is 2.18. The van der Waals surface area contributed by atoms with Crippen LogP contribution >= 0.6 is 11.3 Å². The lowest BCUT2D eigenvalue weighted by atomic mass is 10.1. The molecular weight excluding hydrogens is 386 g/mol. The minimum Gasteiger partial charge on any atom is -0.340 e. The van der Waals surface area contributed by atoms with E-state index in [9.17, 15) is 9.59 Å². The van der Waals surface area contributed by atoms with Crippen LogP contribution in [-0.2, 0) is 4.79 Å². The van der Waals surface area contributed by atoms with E-state index in [-0.39, 0.29) is 0 Å². The van der Waals surface area contributed by atoms with Gasteiger partial charge in [-0.3, -0.25) is 19.8 Å². The van der Waals surface area contributed by atoms with Gasteiger partial charge in [-0.2, -0.15) is 0 Å². The number of rotatable bonds is 5. The summed E-state index contributed by atoms with van der Waals surface area (Å²) in [4.78, 5) is 30.0. The Hall–Kier alpha value is -3.47. The molecule has 0 saturated heterocycles. The van der Waals surface area contributed by atoms with Gasteiger partial charge in [0.25, 0.3) is 11.8 Å². The summed E-state index contributed by atoms with van der Waals surface area (Å²) < 4.78 is 0. The molecule has 7 heteroatoms. The fourth-order valence-electron chi connectivity index (χ4n) is 2.56. The SMILES string of the molecule is CCC(NC(=O)c1ccc(C#Cc2ccc(-c3ccccn3)s2)cc1)C(=O)NO. The number of benzene rings is 1. The molecule has 2 aromatic heterocycles. The standard InChI is InChI=1S/C22H19N3O3S/c1-2-18(22(27)25-28)24-21(26)16-9-6-15(7-10-16)8-11-17-12-13-20(29-17)19-5-3-4-14-23-19/h3-7,9-10,12-14,18,28H,2H2,1H3,(H,24,26)(H,25,27). The molecule has 2 amide bonds. The first kappa shape index (κ1) is 20.3. The van der Waals surface area contributed by atoms with Gasteiger partial charge in [0.2, 0.25) is 0 Å². The molecule has 2 heterocycles. The predicted molar refractivity (Wildman–Crippen MR) is 111 cm³/mol. The van der Waals surface area contributed by atoms with E-state index >= 15 is 0 Å². The topological polar surface area (TPSA) is 91.3 Å². The van der Waals surface area contributed by atoms with Crippen molar-refractivity contribution in [2.75, 3.05) is 0 Å². The number of hydrogen-bond donors (Lipinski definition) is 3. The van der Waals surface area contributed by atoms with Crippen molar-refractivity contribution in [3.63, 3.8) is 0 Å². The summed E-state index contributed by atoms with van der Waals surface area (Å²) >= 11 is 1.57. The quantitative estimate of drug-likeness (QED) is 0.345. The molecule has 1 aromatic carbocycles. The van der Waals surface area contributed by atoms with Crippen LogP contribution in [0.25, 0.3) is 10.6 Å². The van der Waals surface area contributed by atoms with E-state index in [1.807, 2.05) is 30.3 Å². The van der Waals surface area contributed by atoms with Crippen molar-refractivity contribution in [3.8, 4) is 22.4 Å². The second-order valence-electron chi connectivity index (χ2n) is 6.12. The van der Waals surface area contributed by atoms with E-state index in [1.54, 1.807) is 54.2 Å². The molecule has 0 aliphatic heterocycles. The van der Waals surface area contributed by atoms with Crippen LogP contribution in [0.1, 0.15) is 34.1 Å². The van der Waals surface area contributed by atoms with E-state index in [0.717, 1.165) is 21.0 Å². The average molecular weight is 405 g/mol. The maximum Gasteiger partial charge on any atom is 0.265 e. The number of carbonyl (C=O) groups is 2. The van der Waals surface area contributed by atoms with E-state index in [1.165, 1.54) is 0 Å². The zero-order chi connectivity index (χ0) is 20.6. The van der Waals surface area contributed by atoms with Crippen LogP contribution in [0.3, 0.4) is 0 Å². The summed E-state index contributed by atoms with van der Waals surface area (Å²) in [5.74, 6) is 5.17. The van der Waals surface area contributed by atoms with Crippen LogP contribution in [0.4, 0.5) is 0 Å². The van der Waals surface area contributed by atoms with E-state index in [4.69, 9.17) is 5.21 Å². The summed E-state index contributed by atoms with van der Waals surface area (Å²) in [5.41, 5.74) is 3.65. The van der Waals surface area contributed by atoms with Gasteiger partial charge in [0.05, 0.1) is 15.4 Å². The third-order valence-electron chi connectivity index (χ3n) is 4.14. The van der Waals surface area contributed by atoms with Gasteiger partial charge in [0.15, 0.2) is 0 Å². The third kappa shape index (κ3) is 5.29.